The summed E-state index contributed by atoms with van der Waals surface area (Å²) >= 11 is 9.11. The van der Waals surface area contributed by atoms with E-state index in [1.807, 2.05) is 6.92 Å². The fourth-order valence-corrected chi connectivity index (χ4v) is 6.01. The molecule has 1 saturated carbocycles. The van der Waals surface area contributed by atoms with Gasteiger partial charge in [-0.3, -0.25) is 4.79 Å². The van der Waals surface area contributed by atoms with Crippen LogP contribution in [-0.2, 0) is 0 Å². The van der Waals surface area contributed by atoms with Crippen LogP contribution < -0.4 is 5.01 Å². The quantitative estimate of drug-likeness (QED) is 0.577. The number of thioether (sulfide) groups is 2. The Balaban J connectivity index is 1.97. The summed E-state index contributed by atoms with van der Waals surface area (Å²) in [6, 6.07) is 6.11. The molecule has 2 unspecified atom stereocenters. The Morgan fingerprint density at radius 3 is 2.82 bits per heavy atom. The number of hydrogen-bond donors (Lipinski definition) is 0. The molecule has 0 radical (unpaired) electrons. The van der Waals surface area contributed by atoms with Gasteiger partial charge in [-0.15, -0.1) is 18.2 Å². The Morgan fingerprint density at radius 1 is 1.55 bits per heavy atom. The molecule has 2 atom stereocenters. The highest BCUT2D eigenvalue weighted by molar-refractivity contribution is 8.26. The van der Waals surface area contributed by atoms with Gasteiger partial charge in [0.15, 0.2) is 4.20 Å². The Bertz CT molecular complexity index is 649. The number of benzene rings is 1. The van der Waals surface area contributed by atoms with Crippen molar-refractivity contribution < 1.29 is 9.18 Å². The minimum absolute atomic E-state index is 0.0947. The zero-order valence-electron chi connectivity index (χ0n) is 11.8. The highest BCUT2D eigenvalue weighted by Gasteiger charge is 2.60. The molecule has 7 heteroatoms. The largest absolute Gasteiger partial charge is 0.304 e. The van der Waals surface area contributed by atoms with Gasteiger partial charge in [0.2, 0.25) is 0 Å². The van der Waals surface area contributed by atoms with E-state index in [1.165, 1.54) is 27.4 Å². The lowest BCUT2D eigenvalue weighted by Gasteiger charge is -2.34. The Kier molecular flexibility index (Phi) is 4.34. The van der Waals surface area contributed by atoms with Crippen molar-refractivity contribution in [1.29, 1.82) is 0 Å². The summed E-state index contributed by atoms with van der Waals surface area (Å²) < 4.78 is 14.7. The molecule has 0 N–H and O–H groups in total. The van der Waals surface area contributed by atoms with E-state index in [-0.39, 0.29) is 22.1 Å². The van der Waals surface area contributed by atoms with Crippen molar-refractivity contribution in [3.63, 3.8) is 0 Å². The molecular formula is C15H14ClFN2OS2. The summed E-state index contributed by atoms with van der Waals surface area (Å²) in [4.78, 5) is 12.5. The van der Waals surface area contributed by atoms with E-state index in [4.69, 9.17) is 18.2 Å². The Hall–Kier alpha value is -0.870. The van der Waals surface area contributed by atoms with Crippen LogP contribution in [0, 0.1) is 24.1 Å². The van der Waals surface area contributed by atoms with Crippen molar-refractivity contribution in [3.8, 4) is 12.3 Å². The van der Waals surface area contributed by atoms with Gasteiger partial charge in [0.25, 0.3) is 0 Å². The monoisotopic (exact) mass is 356 g/mol. The number of carbonyl (C=O) groups is 1. The summed E-state index contributed by atoms with van der Waals surface area (Å²) in [6.07, 6.45) is 7.45. The number of terminal acetylenes is 1. The minimum Gasteiger partial charge on any atom is -0.260 e. The lowest BCUT2D eigenvalue weighted by molar-refractivity contribution is 0.256. The molecule has 0 aromatic heterocycles. The van der Waals surface area contributed by atoms with Crippen LogP contribution in [0.1, 0.15) is 19.8 Å². The van der Waals surface area contributed by atoms with Crippen LogP contribution in [0.5, 0.6) is 0 Å². The van der Waals surface area contributed by atoms with E-state index >= 15 is 0 Å². The van der Waals surface area contributed by atoms with E-state index in [1.54, 1.807) is 18.2 Å². The summed E-state index contributed by atoms with van der Waals surface area (Å²) in [5.74, 6) is 2.44. The lowest BCUT2D eigenvalue weighted by atomic mass is 10.3. The van der Waals surface area contributed by atoms with Gasteiger partial charge in [-0.2, -0.15) is 0 Å². The van der Waals surface area contributed by atoms with E-state index in [0.717, 1.165) is 24.6 Å². The summed E-state index contributed by atoms with van der Waals surface area (Å²) in [6.45, 7) is 1.90. The van der Waals surface area contributed by atoms with Gasteiger partial charge in [0, 0.05) is 11.8 Å². The second-order valence-electron chi connectivity index (χ2n) is 5.22. The zero-order chi connectivity index (χ0) is 15.9. The second kappa shape index (κ2) is 5.97. The van der Waals surface area contributed by atoms with Crippen LogP contribution in [0.25, 0.3) is 0 Å². The number of rotatable bonds is 4. The first-order valence-corrected chi connectivity index (χ1v) is 8.90. The average molecular weight is 357 g/mol. The molecule has 1 saturated heterocycles. The van der Waals surface area contributed by atoms with Crippen molar-refractivity contribution in [2.45, 2.75) is 29.2 Å². The number of amides is 1. The van der Waals surface area contributed by atoms with Crippen molar-refractivity contribution in [1.82, 2.24) is 4.53 Å². The molecule has 1 aliphatic heterocycles. The van der Waals surface area contributed by atoms with Crippen molar-refractivity contribution in [3.05, 3.63) is 30.1 Å². The van der Waals surface area contributed by atoms with E-state index in [2.05, 4.69) is 5.92 Å². The van der Waals surface area contributed by atoms with Gasteiger partial charge in [-0.1, -0.05) is 22.6 Å². The van der Waals surface area contributed by atoms with Gasteiger partial charge >= 0.3 is 5.24 Å². The number of halogens is 2. The highest BCUT2D eigenvalue weighted by atomic mass is 35.5. The molecular weight excluding hydrogens is 343 g/mol. The SMILES string of the molecule is C#CC(C)SC1(C2CC2)SC(=O)N(c2ccccc2F)N1Cl. The first kappa shape index (κ1) is 16.0. The smallest absolute Gasteiger partial charge is 0.260 e. The minimum atomic E-state index is -0.674. The van der Waals surface area contributed by atoms with Gasteiger partial charge in [0.05, 0.1) is 10.9 Å². The molecule has 3 nitrogen and oxygen atoms in total. The first-order chi connectivity index (χ1) is 10.5. The maximum absolute atomic E-state index is 14.1. The molecule has 1 amide bonds. The number of hydrogen-bond acceptors (Lipinski definition) is 4. The van der Waals surface area contributed by atoms with Gasteiger partial charge in [-0.05, 0) is 49.6 Å². The van der Waals surface area contributed by atoms with Crippen LogP contribution in [0.2, 0.25) is 0 Å². The maximum Gasteiger partial charge on any atom is 0.304 e. The Morgan fingerprint density at radius 2 is 2.23 bits per heavy atom. The van der Waals surface area contributed by atoms with Crippen LogP contribution in [0.3, 0.4) is 0 Å². The van der Waals surface area contributed by atoms with Gasteiger partial charge in [-0.25, -0.2) is 9.40 Å². The molecule has 116 valence electrons. The fraction of sp³-hybridized carbons (Fsp3) is 0.400. The van der Waals surface area contributed by atoms with E-state index < -0.39 is 10.0 Å². The Labute approximate surface area is 142 Å². The lowest BCUT2D eigenvalue weighted by Crippen LogP contribution is -2.44. The number of nitrogens with zero attached hydrogens (tertiary/aromatic N) is 2. The number of carbonyl (C=O) groups excluding carboxylic acids is 1. The molecule has 22 heavy (non-hydrogen) atoms. The number of anilines is 1. The van der Waals surface area contributed by atoms with Crippen LogP contribution in [-0.4, -0.2) is 19.2 Å². The van der Waals surface area contributed by atoms with Crippen molar-refractivity contribution in [2.24, 2.45) is 5.92 Å². The van der Waals surface area contributed by atoms with E-state index in [9.17, 15) is 9.18 Å². The first-order valence-electron chi connectivity index (χ1n) is 6.87. The number of hydrazine groups is 1. The highest BCUT2D eigenvalue weighted by Crippen LogP contribution is 2.62. The van der Waals surface area contributed by atoms with Gasteiger partial charge in [0.1, 0.15) is 5.82 Å². The standard InChI is InChI=1S/C15H14ClFN2OS2/c1-3-10(2)21-15(11-8-9-11)19(16)18(14(20)22-15)13-7-5-4-6-12(13)17/h1,4-7,10-11H,8-9H2,2H3. The molecule has 2 aliphatic rings. The topological polar surface area (TPSA) is 23.6 Å². The third kappa shape index (κ3) is 2.61. The molecule has 3 rings (SSSR count). The molecule has 1 aromatic rings. The predicted octanol–water partition coefficient (Wildman–Crippen LogP) is 4.69. The van der Waals surface area contributed by atoms with Crippen molar-refractivity contribution in [2.75, 3.05) is 5.01 Å². The maximum atomic E-state index is 14.1. The summed E-state index contributed by atoms with van der Waals surface area (Å²) in [5.41, 5.74) is 0.159. The van der Waals surface area contributed by atoms with Crippen LogP contribution in [0.15, 0.2) is 24.3 Å². The molecule has 0 spiro atoms. The molecule has 1 aliphatic carbocycles. The summed E-state index contributed by atoms with van der Waals surface area (Å²) in [5, 5.41) is 0.822. The van der Waals surface area contributed by atoms with Crippen molar-refractivity contribution >= 4 is 46.2 Å². The molecule has 2 fully saturated rings. The van der Waals surface area contributed by atoms with Crippen LogP contribution in [0.4, 0.5) is 14.9 Å². The molecule has 0 bridgehead atoms. The van der Waals surface area contributed by atoms with Crippen LogP contribution >= 0.6 is 35.3 Å². The van der Waals surface area contributed by atoms with Gasteiger partial charge < -0.3 is 0 Å². The third-order valence-electron chi connectivity index (χ3n) is 3.59. The molecule has 1 heterocycles. The summed E-state index contributed by atoms with van der Waals surface area (Å²) in [7, 11) is 0. The number of para-hydroxylation sites is 1. The van der Waals surface area contributed by atoms with E-state index in [0.29, 0.717) is 0 Å². The molecule has 1 aromatic carbocycles. The fourth-order valence-electron chi connectivity index (χ4n) is 2.37. The second-order valence-corrected chi connectivity index (χ2v) is 8.54. The average Bonchev–Trinajstić information content (AvgIpc) is 3.30. The third-order valence-corrected chi connectivity index (χ3v) is 7.23. The zero-order valence-corrected chi connectivity index (χ0v) is 14.2. The predicted molar refractivity (Wildman–Crippen MR) is 90.9 cm³/mol. The normalized spacial score (nSPS) is 27.0.